The maximum atomic E-state index is 12.5. The van der Waals surface area contributed by atoms with Crippen LogP contribution in [0.2, 0.25) is 18.1 Å². The number of ether oxygens (including phenoxy) is 1. The molecule has 8 nitrogen and oxygen atoms in total. The summed E-state index contributed by atoms with van der Waals surface area (Å²) in [7, 11) is -2.12. The van der Waals surface area contributed by atoms with E-state index in [1.807, 2.05) is 0 Å². The van der Waals surface area contributed by atoms with Gasteiger partial charge in [0.1, 0.15) is 18.1 Å². The molecule has 4 rings (SSSR count). The minimum Gasteiger partial charge on any atom is -0.411 e. The predicted molar refractivity (Wildman–Crippen MR) is 157 cm³/mol. The number of fused-ring (bicyclic) bond motifs is 1. The third-order valence-corrected chi connectivity index (χ3v) is 18.8. The molecule has 1 saturated carbocycles. The molecule has 7 atom stereocenters. The zero-order valence-electron chi connectivity index (χ0n) is 23.1. The van der Waals surface area contributed by atoms with E-state index in [1.54, 1.807) is 23.6 Å². The molecule has 3 fully saturated rings. The molecular weight excluding hydrogens is 545 g/mol. The molecule has 1 aromatic heterocycles. The number of nitrogen functional groups attached to an aromatic ring is 1. The van der Waals surface area contributed by atoms with Crippen molar-refractivity contribution in [2.75, 3.05) is 12.3 Å². The Morgan fingerprint density at radius 3 is 2.76 bits per heavy atom. The first-order valence-electron chi connectivity index (χ1n) is 13.0. The summed E-state index contributed by atoms with van der Waals surface area (Å²) in [6.07, 6.45) is 4.15. The van der Waals surface area contributed by atoms with E-state index in [4.69, 9.17) is 35.8 Å². The summed E-state index contributed by atoms with van der Waals surface area (Å²) >= 11 is 7.70. The van der Waals surface area contributed by atoms with E-state index in [-0.39, 0.29) is 40.5 Å². The van der Waals surface area contributed by atoms with Crippen molar-refractivity contribution in [3.63, 3.8) is 0 Å². The summed E-state index contributed by atoms with van der Waals surface area (Å²) in [5, 5.41) is 0.0247. The largest absolute Gasteiger partial charge is 0.411 e. The molecule has 0 amide bonds. The molecule has 0 bridgehead atoms. The number of hydrogen-bond acceptors (Lipinski definition) is 9. The van der Waals surface area contributed by atoms with Crippen LogP contribution in [0.15, 0.2) is 29.2 Å². The van der Waals surface area contributed by atoms with Crippen LogP contribution in [-0.2, 0) is 30.0 Å². The summed E-state index contributed by atoms with van der Waals surface area (Å²) < 4.78 is 27.5. The van der Waals surface area contributed by atoms with E-state index in [2.05, 4.69) is 59.3 Å². The first-order valence-corrected chi connectivity index (χ1v) is 20.0. The minimum atomic E-state index is -2.57. The van der Waals surface area contributed by atoms with Crippen molar-refractivity contribution < 1.29 is 18.2 Å². The topological polar surface area (TPSA) is 97.8 Å². The highest BCUT2D eigenvalue weighted by atomic mass is 32.9. The van der Waals surface area contributed by atoms with Gasteiger partial charge in [-0.15, -0.1) is 0 Å². The molecule has 2 saturated heterocycles. The number of rotatable bonds is 7. The Balaban J connectivity index is 1.50. The maximum Gasteiger partial charge on any atom is 0.351 e. The molecule has 2 N–H and O–H groups in total. The van der Waals surface area contributed by atoms with Crippen LogP contribution in [0.1, 0.15) is 66.5 Å². The van der Waals surface area contributed by atoms with Crippen molar-refractivity contribution in [3.05, 3.63) is 34.9 Å². The van der Waals surface area contributed by atoms with Gasteiger partial charge in [-0.1, -0.05) is 44.3 Å². The van der Waals surface area contributed by atoms with Gasteiger partial charge in [0.25, 0.3) is 0 Å². The number of allylic oxidation sites excluding steroid dienone is 1. The fourth-order valence-electron chi connectivity index (χ4n) is 4.95. The molecule has 3 aliphatic rings. The van der Waals surface area contributed by atoms with E-state index in [1.165, 1.54) is 10.1 Å². The number of anilines is 1. The molecule has 3 heterocycles. The molecule has 208 valence electrons. The Morgan fingerprint density at radius 2 is 2.14 bits per heavy atom. The first kappa shape index (κ1) is 29.5. The van der Waals surface area contributed by atoms with Gasteiger partial charge in [-0.3, -0.25) is 4.57 Å². The SMILES string of the molecule is C=C(C)[C@@H]1CC[C@]2(C)S[P@@](=S)(OC[C@H]3O[C@@H](n4ccc(N)nc4=O)C[C@@H]3O[Si](C)(C)C(C)(C)C)O[C@H]2C1. The van der Waals surface area contributed by atoms with E-state index in [0.717, 1.165) is 19.3 Å². The van der Waals surface area contributed by atoms with Gasteiger partial charge in [-0.2, -0.15) is 4.98 Å². The predicted octanol–water partition coefficient (Wildman–Crippen LogP) is 6.01. The Kier molecular flexibility index (Phi) is 8.33. The Morgan fingerprint density at radius 1 is 1.43 bits per heavy atom. The number of hydrogen-bond donors (Lipinski definition) is 1. The molecule has 37 heavy (non-hydrogen) atoms. The molecule has 0 spiro atoms. The monoisotopic (exact) mass is 587 g/mol. The van der Waals surface area contributed by atoms with Gasteiger partial charge in [0.2, 0.25) is 5.69 Å². The molecule has 2 aliphatic heterocycles. The van der Waals surface area contributed by atoms with Gasteiger partial charge >= 0.3 is 5.69 Å². The van der Waals surface area contributed by atoms with Gasteiger partial charge in [-0.25, -0.2) is 4.79 Å². The lowest BCUT2D eigenvalue weighted by Gasteiger charge is -2.39. The highest BCUT2D eigenvalue weighted by molar-refractivity contribution is 8.68. The standard InChI is InChI=1S/C25H42N3O5PS2Si/c1-16(2)17-9-11-25(6)20(13-17)32-34(35,36-25)30-15-19-18(33-37(7,8)24(3,4)5)14-22(31-19)28-12-10-21(26)27-23(28)29/h10,12,17-20,22H,1,9,11,13-15H2,2-8H3,(H2,26,27,29)/t17-,18+,19-,20+,22-,25+,34+/m1/s1. The molecular formula is C25H42N3O5PS2Si. The van der Waals surface area contributed by atoms with Crippen LogP contribution < -0.4 is 11.4 Å². The fourth-order valence-corrected chi connectivity index (χ4v) is 13.4. The molecule has 1 aromatic rings. The molecule has 12 heteroatoms. The van der Waals surface area contributed by atoms with Gasteiger partial charge in [0.05, 0.1) is 18.8 Å². The summed E-state index contributed by atoms with van der Waals surface area (Å²) in [6.45, 7) is 19.8. The van der Waals surface area contributed by atoms with Crippen LogP contribution in [0.25, 0.3) is 0 Å². The van der Waals surface area contributed by atoms with Crippen LogP contribution in [-0.4, -0.2) is 47.5 Å². The van der Waals surface area contributed by atoms with Gasteiger partial charge in [0, 0.05) is 17.4 Å². The van der Waals surface area contributed by atoms with Crippen molar-refractivity contribution in [2.45, 2.75) is 108 Å². The summed E-state index contributed by atoms with van der Waals surface area (Å²) in [5.74, 6) is 0.652. The maximum absolute atomic E-state index is 12.5. The second kappa shape index (κ2) is 10.5. The molecule has 0 radical (unpaired) electrons. The highest BCUT2D eigenvalue weighted by Gasteiger charge is 2.54. The zero-order chi connectivity index (χ0) is 27.4. The third kappa shape index (κ3) is 6.29. The molecule has 0 aromatic carbocycles. The van der Waals surface area contributed by atoms with Crippen LogP contribution >= 0.6 is 17.1 Å². The lowest BCUT2D eigenvalue weighted by atomic mass is 9.77. The average molecular weight is 588 g/mol. The van der Waals surface area contributed by atoms with Gasteiger partial charge in [-0.05, 0) is 75.0 Å². The summed E-state index contributed by atoms with van der Waals surface area (Å²) in [4.78, 5) is 16.4. The van der Waals surface area contributed by atoms with Crippen molar-refractivity contribution >= 4 is 43.0 Å². The normalized spacial score (nSPS) is 36.5. The van der Waals surface area contributed by atoms with Crippen molar-refractivity contribution in [1.82, 2.24) is 9.55 Å². The van der Waals surface area contributed by atoms with Gasteiger partial charge < -0.3 is 23.9 Å². The Labute approximate surface area is 231 Å². The van der Waals surface area contributed by atoms with Crippen molar-refractivity contribution in [3.8, 4) is 0 Å². The van der Waals surface area contributed by atoms with Crippen molar-refractivity contribution in [2.24, 2.45) is 5.92 Å². The van der Waals surface area contributed by atoms with Crippen molar-refractivity contribution in [1.29, 1.82) is 0 Å². The van der Waals surface area contributed by atoms with E-state index < -0.39 is 25.9 Å². The van der Waals surface area contributed by atoms with Gasteiger partial charge in [0.15, 0.2) is 8.32 Å². The molecule has 0 unspecified atom stereocenters. The van der Waals surface area contributed by atoms with Crippen LogP contribution in [0.4, 0.5) is 5.82 Å². The number of nitrogens with zero attached hydrogens (tertiary/aromatic N) is 2. The lowest BCUT2D eigenvalue weighted by Crippen LogP contribution is -2.46. The average Bonchev–Trinajstić information content (AvgIpc) is 3.27. The minimum absolute atomic E-state index is 0.0247. The zero-order valence-corrected chi connectivity index (χ0v) is 26.6. The smallest absolute Gasteiger partial charge is 0.351 e. The first-order chi connectivity index (χ1) is 17.0. The number of nitrogens with two attached hydrogens (primary N) is 1. The van der Waals surface area contributed by atoms with Crippen LogP contribution in [0.3, 0.4) is 0 Å². The van der Waals surface area contributed by atoms with Crippen LogP contribution in [0, 0.1) is 5.92 Å². The quantitative estimate of drug-likeness (QED) is 0.234. The van der Waals surface area contributed by atoms with E-state index in [9.17, 15) is 4.79 Å². The fraction of sp³-hybridized carbons (Fsp3) is 0.760. The Hall–Kier alpha value is -0.523. The van der Waals surface area contributed by atoms with E-state index >= 15 is 0 Å². The summed E-state index contributed by atoms with van der Waals surface area (Å²) in [5.41, 5.74) is 3.89. The highest BCUT2D eigenvalue weighted by Crippen LogP contribution is 2.75. The number of aromatic nitrogens is 2. The summed E-state index contributed by atoms with van der Waals surface area (Å²) in [6, 6.07) is 1.60. The van der Waals surface area contributed by atoms with E-state index in [0.29, 0.717) is 12.3 Å². The second-order valence-corrected chi connectivity index (χ2v) is 23.7. The second-order valence-electron chi connectivity index (χ2n) is 12.4. The lowest BCUT2D eigenvalue weighted by molar-refractivity contribution is -0.0395. The van der Waals surface area contributed by atoms with Crippen LogP contribution in [0.5, 0.6) is 0 Å². The molecule has 1 aliphatic carbocycles. The Bertz CT molecular complexity index is 1140. The third-order valence-electron chi connectivity index (χ3n) is 8.43.